The lowest BCUT2D eigenvalue weighted by Gasteiger charge is -2.21. The van der Waals surface area contributed by atoms with Gasteiger partial charge in [0, 0.05) is 25.7 Å². The Labute approximate surface area is 524 Å². The van der Waals surface area contributed by atoms with Crippen LogP contribution in [0.4, 0.5) is 0 Å². The van der Waals surface area contributed by atoms with Gasteiger partial charge in [-0.2, -0.15) is 0 Å². The molecule has 0 rings (SSSR count). The molecule has 0 aliphatic carbocycles. The molecular formula is C67H130O17P2. The zero-order chi connectivity index (χ0) is 63.9. The van der Waals surface area contributed by atoms with Gasteiger partial charge in [0.15, 0.2) is 12.2 Å². The van der Waals surface area contributed by atoms with E-state index in [0.29, 0.717) is 31.6 Å². The quantitative estimate of drug-likeness (QED) is 0.0222. The van der Waals surface area contributed by atoms with Crippen LogP contribution in [0.15, 0.2) is 0 Å². The maximum atomic E-state index is 13.0. The molecule has 0 spiro atoms. The first-order valence-corrected chi connectivity index (χ1v) is 37.7. The van der Waals surface area contributed by atoms with E-state index in [4.69, 9.17) is 37.0 Å². The Hall–Kier alpha value is -1.94. The van der Waals surface area contributed by atoms with Gasteiger partial charge in [0.2, 0.25) is 0 Å². The molecule has 3 N–H and O–H groups in total. The van der Waals surface area contributed by atoms with E-state index in [1.165, 1.54) is 128 Å². The van der Waals surface area contributed by atoms with Gasteiger partial charge in [-0.3, -0.25) is 37.3 Å². The van der Waals surface area contributed by atoms with Crippen molar-refractivity contribution in [1.82, 2.24) is 0 Å². The van der Waals surface area contributed by atoms with E-state index >= 15 is 0 Å². The maximum absolute atomic E-state index is 13.0. The summed E-state index contributed by atoms with van der Waals surface area (Å²) in [5, 5.41) is 10.5. The molecule has 86 heavy (non-hydrogen) atoms. The number of phosphoric acid groups is 2. The van der Waals surface area contributed by atoms with E-state index in [-0.39, 0.29) is 25.7 Å². The highest BCUT2D eigenvalue weighted by atomic mass is 31.2. The smallest absolute Gasteiger partial charge is 0.462 e. The maximum Gasteiger partial charge on any atom is 0.472 e. The van der Waals surface area contributed by atoms with Crippen LogP contribution in [0.25, 0.3) is 0 Å². The molecule has 0 saturated heterocycles. The Balaban J connectivity index is 5.20. The summed E-state index contributed by atoms with van der Waals surface area (Å²) < 4.78 is 68.1. The van der Waals surface area contributed by atoms with Crippen LogP contribution < -0.4 is 0 Å². The number of carbonyl (C=O) groups is 4. The van der Waals surface area contributed by atoms with Crippen molar-refractivity contribution in [3.63, 3.8) is 0 Å². The van der Waals surface area contributed by atoms with Gasteiger partial charge in [-0.05, 0) is 49.4 Å². The lowest BCUT2D eigenvalue weighted by molar-refractivity contribution is -0.161. The largest absolute Gasteiger partial charge is 0.472 e. The minimum atomic E-state index is -4.95. The Kier molecular flexibility index (Phi) is 55.7. The molecular weight excluding hydrogens is 1140 g/mol. The number of unbranched alkanes of at least 4 members (excludes halogenated alkanes) is 29. The van der Waals surface area contributed by atoms with Crippen LogP contribution >= 0.6 is 15.6 Å². The molecule has 4 unspecified atom stereocenters. The standard InChI is InChI=1S/C67H130O17P2/c1-9-60(8)46-38-30-24-26-34-42-50-67(72)84-63(54-78-65(70)48-40-32-22-18-17-20-28-36-44-58(4)5)56-82-86(75,76)80-52-61(68)51-79-85(73,74)81-55-62(83-66(71)49-41-33-25-23-29-37-45-59(6)7)53-77-64(69)47-39-31-21-16-14-12-10-11-13-15-19-27-35-43-57(2)3/h57-63,68H,9-56H2,1-8H3,(H,73,74)(H,75,76)/t60?,61?,62-,63-/m1/s1. The molecule has 0 heterocycles. The Morgan fingerprint density at radius 1 is 0.326 bits per heavy atom. The third-order valence-electron chi connectivity index (χ3n) is 15.7. The summed E-state index contributed by atoms with van der Waals surface area (Å²) in [5.74, 6) is 0.766. The number of ether oxygens (including phenoxy) is 4. The van der Waals surface area contributed by atoms with Crippen molar-refractivity contribution < 1.29 is 80.2 Å². The zero-order valence-corrected chi connectivity index (χ0v) is 57.7. The van der Waals surface area contributed by atoms with Crippen LogP contribution in [-0.4, -0.2) is 96.7 Å². The number of esters is 4. The average molecular weight is 1270 g/mol. The lowest BCUT2D eigenvalue weighted by atomic mass is 10.00. The summed E-state index contributed by atoms with van der Waals surface area (Å²) >= 11 is 0. The number of carbonyl (C=O) groups excluding carboxylic acids is 4. The Bertz CT molecular complexity index is 1720. The summed E-state index contributed by atoms with van der Waals surface area (Å²) in [5.41, 5.74) is 0. The fourth-order valence-electron chi connectivity index (χ4n) is 9.93. The van der Waals surface area contributed by atoms with Crippen molar-refractivity contribution >= 4 is 39.5 Å². The molecule has 0 aliphatic rings. The van der Waals surface area contributed by atoms with Gasteiger partial charge < -0.3 is 33.8 Å². The second-order valence-corrected chi connectivity index (χ2v) is 28.8. The molecule has 6 atom stereocenters. The average Bonchev–Trinajstić information content (AvgIpc) is 3.68. The minimum Gasteiger partial charge on any atom is -0.462 e. The van der Waals surface area contributed by atoms with Crippen LogP contribution in [-0.2, 0) is 65.4 Å². The predicted octanol–water partition coefficient (Wildman–Crippen LogP) is 18.5. The van der Waals surface area contributed by atoms with E-state index in [9.17, 15) is 43.2 Å². The molecule has 0 aliphatic heterocycles. The minimum absolute atomic E-state index is 0.101. The van der Waals surface area contributed by atoms with Gasteiger partial charge in [-0.15, -0.1) is 0 Å². The second-order valence-electron chi connectivity index (χ2n) is 25.9. The fraction of sp³-hybridized carbons (Fsp3) is 0.940. The van der Waals surface area contributed by atoms with Crippen molar-refractivity contribution in [3.8, 4) is 0 Å². The van der Waals surface area contributed by atoms with Crippen molar-refractivity contribution in [2.45, 2.75) is 343 Å². The highest BCUT2D eigenvalue weighted by Gasteiger charge is 2.30. The van der Waals surface area contributed by atoms with Crippen LogP contribution in [0.2, 0.25) is 0 Å². The van der Waals surface area contributed by atoms with E-state index in [0.717, 1.165) is 108 Å². The van der Waals surface area contributed by atoms with E-state index in [2.05, 4.69) is 55.4 Å². The van der Waals surface area contributed by atoms with Gasteiger partial charge in [0.25, 0.3) is 0 Å². The number of hydrogen-bond donors (Lipinski definition) is 3. The molecule has 0 aromatic rings. The molecule has 19 heteroatoms. The lowest BCUT2D eigenvalue weighted by Crippen LogP contribution is -2.30. The normalized spacial score (nSPS) is 14.7. The molecule has 0 bridgehead atoms. The van der Waals surface area contributed by atoms with Crippen molar-refractivity contribution in [2.24, 2.45) is 23.7 Å². The third-order valence-corrected chi connectivity index (χ3v) is 17.6. The summed E-state index contributed by atoms with van der Waals surface area (Å²) in [4.78, 5) is 72.3. The number of phosphoric ester groups is 2. The molecule has 0 saturated carbocycles. The van der Waals surface area contributed by atoms with Gasteiger partial charge >= 0.3 is 39.5 Å². The van der Waals surface area contributed by atoms with E-state index < -0.39 is 97.5 Å². The number of rotatable bonds is 64. The SMILES string of the molecule is CCC(C)CCCCCCCCC(=O)O[C@H](COC(=O)CCCCCCCCCCC(C)C)COP(=O)(O)OCC(O)COP(=O)(O)OC[C@@H](COC(=O)CCCCCCCCCCCCCCCC(C)C)OC(=O)CCCCCCCCC(C)C. The molecule has 0 amide bonds. The van der Waals surface area contributed by atoms with E-state index in [1.807, 2.05) is 0 Å². The van der Waals surface area contributed by atoms with Gasteiger partial charge in [0.05, 0.1) is 26.4 Å². The van der Waals surface area contributed by atoms with Gasteiger partial charge in [0.1, 0.15) is 19.3 Å². The summed E-state index contributed by atoms with van der Waals surface area (Å²) in [6, 6.07) is 0. The molecule has 0 aromatic heterocycles. The van der Waals surface area contributed by atoms with Crippen molar-refractivity contribution in [1.29, 1.82) is 0 Å². The molecule has 0 aromatic carbocycles. The Morgan fingerprint density at radius 3 is 0.826 bits per heavy atom. The Morgan fingerprint density at radius 2 is 0.558 bits per heavy atom. The number of hydrogen-bond acceptors (Lipinski definition) is 15. The van der Waals surface area contributed by atoms with Gasteiger partial charge in [-0.1, -0.05) is 274 Å². The monoisotopic (exact) mass is 1270 g/mol. The highest BCUT2D eigenvalue weighted by Crippen LogP contribution is 2.45. The summed E-state index contributed by atoms with van der Waals surface area (Å²) in [7, 11) is -9.89. The first kappa shape index (κ1) is 84.1. The van der Waals surface area contributed by atoms with E-state index in [1.54, 1.807) is 0 Å². The van der Waals surface area contributed by atoms with Crippen LogP contribution in [0.3, 0.4) is 0 Å². The first-order chi connectivity index (χ1) is 41.1. The predicted molar refractivity (Wildman–Crippen MR) is 344 cm³/mol. The van der Waals surface area contributed by atoms with Gasteiger partial charge in [-0.25, -0.2) is 9.13 Å². The van der Waals surface area contributed by atoms with Crippen molar-refractivity contribution in [3.05, 3.63) is 0 Å². The third kappa shape index (κ3) is 59.7. The zero-order valence-electron chi connectivity index (χ0n) is 55.9. The van der Waals surface area contributed by atoms with Crippen LogP contribution in [0.1, 0.15) is 325 Å². The molecule has 0 radical (unpaired) electrons. The molecule has 0 fully saturated rings. The van der Waals surface area contributed by atoms with Crippen LogP contribution in [0, 0.1) is 23.7 Å². The highest BCUT2D eigenvalue weighted by molar-refractivity contribution is 7.47. The topological polar surface area (TPSA) is 237 Å². The fourth-order valence-corrected chi connectivity index (χ4v) is 11.5. The number of aliphatic hydroxyl groups is 1. The second kappa shape index (κ2) is 57.0. The molecule has 510 valence electrons. The summed E-state index contributed by atoms with van der Waals surface area (Å²) in [6.07, 6.45) is 37.9. The first-order valence-electron chi connectivity index (χ1n) is 34.7. The van der Waals surface area contributed by atoms with Crippen LogP contribution in [0.5, 0.6) is 0 Å². The molecule has 17 nitrogen and oxygen atoms in total. The number of aliphatic hydroxyl groups excluding tert-OH is 1. The summed E-state index contributed by atoms with van der Waals surface area (Å²) in [6.45, 7) is 14.0. The van der Waals surface area contributed by atoms with Crippen molar-refractivity contribution in [2.75, 3.05) is 39.6 Å².